The number of ketones is 2. The second kappa shape index (κ2) is 21.3. The average molecular weight is 805 g/mol. The summed E-state index contributed by atoms with van der Waals surface area (Å²) in [5, 5.41) is 55.2. The Hall–Kier alpha value is -2.25. The molecule has 0 aliphatic carbocycles. The first-order valence-electron chi connectivity index (χ1n) is 21.7. The van der Waals surface area contributed by atoms with Crippen molar-refractivity contribution < 1.29 is 54.1 Å². The Morgan fingerprint density at radius 2 is 1.47 bits per heavy atom. The van der Waals surface area contributed by atoms with Gasteiger partial charge in [-0.15, -0.1) is 0 Å². The highest BCUT2D eigenvalue weighted by Gasteiger charge is 2.57. The van der Waals surface area contributed by atoms with Gasteiger partial charge in [-0.05, 0) is 76.5 Å². The molecule has 1 spiro atoms. The van der Waals surface area contributed by atoms with Crippen LogP contribution in [0.3, 0.4) is 0 Å². The SMILES string of the molecule is CC[C@@H]1/C=C/C=C/C[C@H](C)[C@@H](O)[C@](C)(O)C(=O)[C@H](C)[C@@H](O)[C@H](C)C(=O)[C@H](C)[C@@H](O)[C@H](C)/C=C/C(=O)O[C@H]2[C@@H](C)[C@@H](CC1)O[C@]1(CC[C@@H](C)[C@@H](C[C@H](C)O)O1)[C@@H]2CC. The van der Waals surface area contributed by atoms with E-state index in [1.54, 1.807) is 27.7 Å². The molecule has 0 aromatic heterocycles. The van der Waals surface area contributed by atoms with E-state index in [2.05, 4.69) is 26.8 Å². The van der Waals surface area contributed by atoms with Crippen LogP contribution in [-0.4, -0.2) is 97.2 Å². The summed E-state index contributed by atoms with van der Waals surface area (Å²) in [5.41, 5.74) is -2.18. The first-order valence-corrected chi connectivity index (χ1v) is 21.7. The maximum atomic E-state index is 13.6. The second-order valence-electron chi connectivity index (χ2n) is 18.2. The fourth-order valence-electron chi connectivity index (χ4n) is 9.37. The molecule has 57 heavy (non-hydrogen) atoms. The third-order valence-electron chi connectivity index (χ3n) is 13.6. The largest absolute Gasteiger partial charge is 0.458 e. The van der Waals surface area contributed by atoms with Crippen LogP contribution in [-0.2, 0) is 28.6 Å². The molecule has 5 N–H and O–H groups in total. The van der Waals surface area contributed by atoms with Crippen LogP contribution in [0.25, 0.3) is 0 Å². The lowest BCUT2D eigenvalue weighted by atomic mass is 9.73. The fraction of sp³-hybridized carbons (Fsp3) is 0.804. The van der Waals surface area contributed by atoms with Gasteiger partial charge in [0.1, 0.15) is 17.5 Å². The molecular formula is C46H76O11. The molecule has 3 heterocycles. The maximum Gasteiger partial charge on any atom is 0.330 e. The zero-order valence-corrected chi connectivity index (χ0v) is 36.5. The second-order valence-corrected chi connectivity index (χ2v) is 18.2. The monoisotopic (exact) mass is 805 g/mol. The number of carbonyl (C=O) groups is 3. The van der Waals surface area contributed by atoms with E-state index in [-0.39, 0.29) is 35.9 Å². The topological polar surface area (TPSA) is 180 Å². The molecule has 2 fully saturated rings. The van der Waals surface area contributed by atoms with E-state index in [1.807, 2.05) is 25.2 Å². The summed E-state index contributed by atoms with van der Waals surface area (Å²) in [6, 6.07) is 0. The van der Waals surface area contributed by atoms with Crippen molar-refractivity contribution in [2.45, 2.75) is 182 Å². The Balaban J connectivity index is 2.02. The molecule has 11 heteroatoms. The predicted molar refractivity (Wildman–Crippen MR) is 220 cm³/mol. The highest BCUT2D eigenvalue weighted by atomic mass is 16.7. The summed E-state index contributed by atoms with van der Waals surface area (Å²) >= 11 is 0. The minimum absolute atomic E-state index is 0.163. The summed E-state index contributed by atoms with van der Waals surface area (Å²) in [4.78, 5) is 40.7. The minimum Gasteiger partial charge on any atom is -0.458 e. The van der Waals surface area contributed by atoms with E-state index < -0.39 is 89.0 Å². The molecule has 2 saturated heterocycles. The predicted octanol–water partition coefficient (Wildman–Crippen LogP) is 6.27. The molecule has 2 bridgehead atoms. The molecule has 0 aromatic carbocycles. The lowest BCUT2D eigenvalue weighted by Crippen LogP contribution is -2.63. The third kappa shape index (κ3) is 12.0. The van der Waals surface area contributed by atoms with Crippen LogP contribution < -0.4 is 0 Å². The molecule has 0 aromatic rings. The average Bonchev–Trinajstić information content (AvgIpc) is 3.17. The van der Waals surface area contributed by atoms with Crippen LogP contribution >= 0.6 is 0 Å². The number of hydrogen-bond acceptors (Lipinski definition) is 11. The number of ether oxygens (including phenoxy) is 3. The highest BCUT2D eigenvalue weighted by Crippen LogP contribution is 2.50. The summed E-state index contributed by atoms with van der Waals surface area (Å²) in [7, 11) is 0. The molecule has 0 saturated carbocycles. The van der Waals surface area contributed by atoms with Crippen molar-refractivity contribution in [3.8, 4) is 0 Å². The molecule has 0 radical (unpaired) electrons. The Bertz CT molecular complexity index is 1400. The normalized spacial score (nSPS) is 46.2. The smallest absolute Gasteiger partial charge is 0.330 e. The van der Waals surface area contributed by atoms with Gasteiger partial charge in [-0.2, -0.15) is 0 Å². The molecule has 3 aliphatic heterocycles. The van der Waals surface area contributed by atoms with Crippen molar-refractivity contribution in [2.24, 2.45) is 53.3 Å². The van der Waals surface area contributed by atoms with E-state index in [0.717, 1.165) is 19.3 Å². The van der Waals surface area contributed by atoms with Crippen LogP contribution in [0.4, 0.5) is 0 Å². The Labute approximate surface area is 342 Å². The number of aliphatic hydroxyl groups excluding tert-OH is 4. The number of carbonyl (C=O) groups excluding carboxylic acids is 3. The molecule has 0 amide bonds. The number of allylic oxidation sites excluding steroid dienone is 4. The summed E-state index contributed by atoms with van der Waals surface area (Å²) in [5.74, 6) is -7.21. The summed E-state index contributed by atoms with van der Waals surface area (Å²) < 4.78 is 20.3. The van der Waals surface area contributed by atoms with Gasteiger partial charge < -0.3 is 39.7 Å². The lowest BCUT2D eigenvalue weighted by molar-refractivity contribution is -0.374. The Kier molecular flexibility index (Phi) is 18.4. The number of aliphatic hydroxyl groups is 5. The van der Waals surface area contributed by atoms with Crippen LogP contribution in [0.1, 0.15) is 128 Å². The van der Waals surface area contributed by atoms with Crippen LogP contribution in [0.2, 0.25) is 0 Å². The lowest BCUT2D eigenvalue weighted by Gasteiger charge is -2.56. The molecule has 18 atom stereocenters. The molecule has 3 rings (SSSR count). The van der Waals surface area contributed by atoms with E-state index in [9.17, 15) is 39.9 Å². The fourth-order valence-corrected chi connectivity index (χ4v) is 9.37. The van der Waals surface area contributed by atoms with Gasteiger partial charge in [-0.3, -0.25) is 9.59 Å². The van der Waals surface area contributed by atoms with Crippen LogP contribution in [0, 0.1) is 53.3 Å². The molecule has 3 aliphatic rings. The van der Waals surface area contributed by atoms with Crippen molar-refractivity contribution in [1.29, 1.82) is 0 Å². The van der Waals surface area contributed by atoms with Gasteiger partial charge in [-0.25, -0.2) is 4.79 Å². The molecular weight excluding hydrogens is 728 g/mol. The van der Waals surface area contributed by atoms with Gasteiger partial charge in [0.05, 0.1) is 42.5 Å². The quantitative estimate of drug-likeness (QED) is 0.202. The van der Waals surface area contributed by atoms with Crippen molar-refractivity contribution in [3.05, 3.63) is 36.5 Å². The van der Waals surface area contributed by atoms with E-state index in [4.69, 9.17) is 14.2 Å². The first-order chi connectivity index (χ1) is 26.6. The minimum atomic E-state index is -2.18. The van der Waals surface area contributed by atoms with Crippen molar-refractivity contribution >= 4 is 17.5 Å². The zero-order valence-electron chi connectivity index (χ0n) is 36.5. The number of esters is 1. The van der Waals surface area contributed by atoms with Crippen molar-refractivity contribution in [3.63, 3.8) is 0 Å². The first kappa shape index (κ1) is 49.1. The standard InChI is InChI=1S/C46H76O11/c1-12-34-18-16-14-15-17-28(5)43(52)45(11,54)44(53)33(10)41(51)32(9)40(50)31(8)39(49)27(4)19-22-38(48)55-42-30(7)36(21-20-34)56-46(35(42)13-2)24-23-26(3)37(57-46)25-29(6)47/h14-16,18-19,22,26-37,39,41-43,47,49,51-52,54H,12-13,17,20-21,23-25H2,1-11H3/b15-14+,18-16+,22-19+/t26-,27-,28+,29+,30+,31-,32-,33-,34-,35-,36-,37-,39+,41+,42+,43-,45+,46+/m1/s1. The highest BCUT2D eigenvalue weighted by molar-refractivity contribution is 5.91. The number of hydrogen-bond donors (Lipinski definition) is 5. The number of rotatable bonds is 4. The molecule has 326 valence electrons. The summed E-state index contributed by atoms with van der Waals surface area (Å²) in [6.07, 6.45) is 10.3. The Morgan fingerprint density at radius 1 is 0.825 bits per heavy atom. The summed E-state index contributed by atoms with van der Waals surface area (Å²) in [6.45, 7) is 19.2. The maximum absolute atomic E-state index is 13.6. The third-order valence-corrected chi connectivity index (χ3v) is 13.6. The van der Waals surface area contributed by atoms with Crippen LogP contribution in [0.5, 0.6) is 0 Å². The molecule has 11 nitrogen and oxygen atoms in total. The van der Waals surface area contributed by atoms with Crippen LogP contribution in [0.15, 0.2) is 36.5 Å². The van der Waals surface area contributed by atoms with Crippen molar-refractivity contribution in [1.82, 2.24) is 0 Å². The van der Waals surface area contributed by atoms with Gasteiger partial charge in [0.25, 0.3) is 0 Å². The number of fused-ring (bicyclic) bond motifs is 2. The zero-order chi connectivity index (χ0) is 43.0. The van der Waals surface area contributed by atoms with Crippen molar-refractivity contribution in [2.75, 3.05) is 0 Å². The van der Waals surface area contributed by atoms with E-state index >= 15 is 0 Å². The Morgan fingerprint density at radius 3 is 2.09 bits per heavy atom. The van der Waals surface area contributed by atoms with Gasteiger partial charge >= 0.3 is 5.97 Å². The van der Waals surface area contributed by atoms with Gasteiger partial charge in [0.2, 0.25) is 0 Å². The van der Waals surface area contributed by atoms with E-state index in [1.165, 1.54) is 32.9 Å². The number of Topliss-reactive ketones (excluding diaryl/α,β-unsaturated/α-hetero) is 2. The van der Waals surface area contributed by atoms with Gasteiger partial charge in [-0.1, -0.05) is 92.7 Å². The molecule has 0 unspecified atom stereocenters. The van der Waals surface area contributed by atoms with Gasteiger partial charge in [0, 0.05) is 42.1 Å². The van der Waals surface area contributed by atoms with E-state index in [0.29, 0.717) is 32.1 Å². The van der Waals surface area contributed by atoms with Gasteiger partial charge in [0.15, 0.2) is 11.6 Å².